The number of unbranched alkanes of at least 4 members (excludes halogenated alkanes) is 1. The Morgan fingerprint density at radius 3 is 2.11 bits per heavy atom. The van der Waals surface area contributed by atoms with E-state index in [9.17, 15) is 4.79 Å². The molecule has 148 valence electrons. The third kappa shape index (κ3) is 3.47. The van der Waals surface area contributed by atoms with Crippen molar-refractivity contribution < 1.29 is 9.53 Å². The number of fused-ring (bicyclic) bond motifs is 3. The van der Waals surface area contributed by atoms with Crippen molar-refractivity contribution >= 4 is 17.3 Å². The van der Waals surface area contributed by atoms with E-state index in [1.165, 1.54) is 22.3 Å². The Morgan fingerprint density at radius 2 is 1.57 bits per heavy atom. The molecular weight excluding hydrogens is 350 g/mol. The second kappa shape index (κ2) is 7.84. The number of benzene rings is 2. The Bertz CT molecular complexity index is 847. The first-order chi connectivity index (χ1) is 13.6. The molecule has 2 aliphatic rings. The van der Waals surface area contributed by atoms with Gasteiger partial charge in [-0.15, -0.1) is 0 Å². The van der Waals surface area contributed by atoms with Crippen LogP contribution in [0, 0.1) is 0 Å². The largest absolute Gasteiger partial charge is 0.466 e. The van der Waals surface area contributed by atoms with Crippen LogP contribution < -0.4 is 11.5 Å². The lowest BCUT2D eigenvalue weighted by Crippen LogP contribution is -2.21. The van der Waals surface area contributed by atoms with Gasteiger partial charge in [-0.25, -0.2) is 0 Å². The molecule has 28 heavy (non-hydrogen) atoms. The lowest BCUT2D eigenvalue weighted by Gasteiger charge is -2.25. The van der Waals surface area contributed by atoms with E-state index >= 15 is 0 Å². The van der Waals surface area contributed by atoms with Crippen molar-refractivity contribution in [2.75, 3.05) is 24.6 Å². The first-order valence-corrected chi connectivity index (χ1v) is 10.2. The maximum Gasteiger partial charge on any atom is 0.307 e. The quantitative estimate of drug-likeness (QED) is 0.297. The number of nitrogens with zero attached hydrogens (tertiary/aromatic N) is 1. The van der Waals surface area contributed by atoms with Crippen LogP contribution in [-0.2, 0) is 35.5 Å². The van der Waals surface area contributed by atoms with Gasteiger partial charge in [0.1, 0.15) is 0 Å². The Kier molecular flexibility index (Phi) is 5.27. The number of esters is 1. The average Bonchev–Trinajstić information content (AvgIpc) is 3.14. The lowest BCUT2D eigenvalue weighted by atomic mass is 9.82. The minimum atomic E-state index is -0.125. The van der Waals surface area contributed by atoms with Crippen molar-refractivity contribution in [1.82, 2.24) is 4.90 Å². The molecule has 2 aromatic carbocycles. The molecule has 1 heterocycles. The molecule has 0 saturated carbocycles. The highest BCUT2D eigenvalue weighted by Gasteiger charge is 2.30. The highest BCUT2D eigenvalue weighted by molar-refractivity contribution is 5.75. The number of nitrogens with two attached hydrogens (primary N) is 2. The molecule has 0 saturated heterocycles. The third-order valence-electron chi connectivity index (χ3n) is 6.04. The molecule has 1 aliphatic heterocycles. The zero-order valence-corrected chi connectivity index (χ0v) is 16.6. The van der Waals surface area contributed by atoms with Gasteiger partial charge in [-0.2, -0.15) is 0 Å². The van der Waals surface area contributed by atoms with E-state index < -0.39 is 0 Å². The SMILES string of the molecule is CCCCOC(=O)CCN1Cc2c(N)c3c(c(N)c2C1)Cc1ccccc1C3. The van der Waals surface area contributed by atoms with Gasteiger partial charge < -0.3 is 16.2 Å². The molecule has 5 heteroatoms. The van der Waals surface area contributed by atoms with Crippen LogP contribution in [0.3, 0.4) is 0 Å². The summed E-state index contributed by atoms with van der Waals surface area (Å²) < 4.78 is 5.27. The number of hydrogen-bond acceptors (Lipinski definition) is 5. The van der Waals surface area contributed by atoms with Crippen molar-refractivity contribution in [2.24, 2.45) is 0 Å². The number of carbonyl (C=O) groups excluding carboxylic acids is 1. The summed E-state index contributed by atoms with van der Waals surface area (Å²) in [5, 5.41) is 0. The van der Waals surface area contributed by atoms with Gasteiger partial charge in [0, 0.05) is 43.9 Å². The Balaban J connectivity index is 1.49. The highest BCUT2D eigenvalue weighted by Crippen LogP contribution is 2.42. The van der Waals surface area contributed by atoms with E-state index in [0.717, 1.165) is 61.3 Å². The van der Waals surface area contributed by atoms with Crippen molar-refractivity contribution in [3.8, 4) is 0 Å². The van der Waals surface area contributed by atoms with E-state index in [1.807, 2.05) is 0 Å². The summed E-state index contributed by atoms with van der Waals surface area (Å²) in [7, 11) is 0. The first kappa shape index (κ1) is 18.8. The van der Waals surface area contributed by atoms with Gasteiger partial charge in [0.05, 0.1) is 13.0 Å². The van der Waals surface area contributed by atoms with Gasteiger partial charge in [-0.05, 0) is 39.8 Å². The van der Waals surface area contributed by atoms with Gasteiger partial charge in [0.2, 0.25) is 0 Å². The monoisotopic (exact) mass is 379 g/mol. The number of ether oxygens (including phenoxy) is 1. The average molecular weight is 380 g/mol. The fraction of sp³-hybridized carbons (Fsp3) is 0.435. The number of nitrogen functional groups attached to an aromatic ring is 2. The Labute approximate surface area is 166 Å². The molecule has 0 bridgehead atoms. The van der Waals surface area contributed by atoms with Gasteiger partial charge in [0.25, 0.3) is 0 Å². The zero-order chi connectivity index (χ0) is 19.7. The molecule has 0 unspecified atom stereocenters. The smallest absolute Gasteiger partial charge is 0.307 e. The van der Waals surface area contributed by atoms with Crippen LogP contribution in [0.5, 0.6) is 0 Å². The summed E-state index contributed by atoms with van der Waals surface area (Å²) in [6, 6.07) is 8.52. The second-order valence-electron chi connectivity index (χ2n) is 7.90. The number of carbonyl (C=O) groups is 1. The second-order valence-corrected chi connectivity index (χ2v) is 7.90. The van der Waals surface area contributed by atoms with Gasteiger partial charge >= 0.3 is 5.97 Å². The lowest BCUT2D eigenvalue weighted by molar-refractivity contribution is -0.144. The van der Waals surface area contributed by atoms with E-state index in [2.05, 4.69) is 36.1 Å². The Hall–Kier alpha value is -2.53. The van der Waals surface area contributed by atoms with Crippen LogP contribution in [0.2, 0.25) is 0 Å². The van der Waals surface area contributed by atoms with Crippen LogP contribution >= 0.6 is 0 Å². The van der Waals surface area contributed by atoms with E-state index in [0.29, 0.717) is 19.6 Å². The summed E-state index contributed by atoms with van der Waals surface area (Å²) in [6.07, 6.45) is 4.05. The minimum absolute atomic E-state index is 0.125. The van der Waals surface area contributed by atoms with Crippen LogP contribution in [0.4, 0.5) is 11.4 Å². The standard InChI is InChI=1S/C23H29N3O2/c1-2-3-10-28-21(27)8-9-26-13-19-20(14-26)23(25)18-12-16-7-5-4-6-15(16)11-17(18)22(19)24/h4-7H,2-3,8-14,24-25H2,1H3. The van der Waals surface area contributed by atoms with Crippen molar-refractivity contribution in [3.05, 3.63) is 57.6 Å². The third-order valence-corrected chi connectivity index (χ3v) is 6.04. The van der Waals surface area contributed by atoms with Crippen LogP contribution in [0.25, 0.3) is 0 Å². The normalized spacial score (nSPS) is 15.0. The van der Waals surface area contributed by atoms with Gasteiger partial charge in [0.15, 0.2) is 0 Å². The number of anilines is 2. The number of hydrogen-bond donors (Lipinski definition) is 2. The Morgan fingerprint density at radius 1 is 1.00 bits per heavy atom. The van der Waals surface area contributed by atoms with E-state index in [-0.39, 0.29) is 5.97 Å². The maximum absolute atomic E-state index is 11.9. The fourth-order valence-corrected chi connectivity index (χ4v) is 4.38. The predicted octanol–water partition coefficient (Wildman–Crippen LogP) is 3.40. The van der Waals surface area contributed by atoms with Crippen molar-refractivity contribution in [1.29, 1.82) is 0 Å². The summed E-state index contributed by atoms with van der Waals surface area (Å²) in [4.78, 5) is 14.2. The molecule has 0 atom stereocenters. The topological polar surface area (TPSA) is 81.6 Å². The predicted molar refractivity (Wildman–Crippen MR) is 112 cm³/mol. The maximum atomic E-state index is 11.9. The first-order valence-electron chi connectivity index (χ1n) is 10.2. The molecule has 0 radical (unpaired) electrons. The van der Waals surface area contributed by atoms with Crippen molar-refractivity contribution in [3.63, 3.8) is 0 Å². The molecular formula is C23H29N3O2. The molecule has 0 aromatic heterocycles. The molecule has 0 spiro atoms. The fourth-order valence-electron chi connectivity index (χ4n) is 4.38. The molecule has 0 amide bonds. The van der Waals surface area contributed by atoms with Crippen LogP contribution in [0.1, 0.15) is 59.6 Å². The molecule has 2 aromatic rings. The van der Waals surface area contributed by atoms with E-state index in [4.69, 9.17) is 16.2 Å². The number of rotatable bonds is 6. The van der Waals surface area contributed by atoms with Crippen molar-refractivity contribution in [2.45, 2.75) is 52.1 Å². The summed E-state index contributed by atoms with van der Waals surface area (Å²) in [5.74, 6) is -0.125. The molecule has 1 aliphatic carbocycles. The van der Waals surface area contributed by atoms with Crippen LogP contribution in [-0.4, -0.2) is 24.0 Å². The summed E-state index contributed by atoms with van der Waals surface area (Å²) in [6.45, 7) is 4.78. The summed E-state index contributed by atoms with van der Waals surface area (Å²) >= 11 is 0. The molecule has 4 rings (SSSR count). The minimum Gasteiger partial charge on any atom is -0.466 e. The van der Waals surface area contributed by atoms with Gasteiger partial charge in [-0.1, -0.05) is 37.6 Å². The highest BCUT2D eigenvalue weighted by atomic mass is 16.5. The zero-order valence-electron chi connectivity index (χ0n) is 16.6. The van der Waals surface area contributed by atoms with Crippen LogP contribution in [0.15, 0.2) is 24.3 Å². The molecule has 0 fully saturated rings. The molecule has 4 N–H and O–H groups in total. The van der Waals surface area contributed by atoms with Gasteiger partial charge in [-0.3, -0.25) is 9.69 Å². The summed E-state index contributed by atoms with van der Waals surface area (Å²) in [5.41, 5.74) is 22.3. The van der Waals surface area contributed by atoms with E-state index in [1.54, 1.807) is 0 Å². The molecule has 5 nitrogen and oxygen atoms in total.